The van der Waals surface area contributed by atoms with Crippen LogP contribution in [-0.2, 0) is 9.47 Å². The quantitative estimate of drug-likeness (QED) is 0.246. The highest BCUT2D eigenvalue weighted by molar-refractivity contribution is 6.17. The zero-order valence-electron chi connectivity index (χ0n) is 16.5. The Bertz CT molecular complexity index is 668. The maximum atomic E-state index is 5.99. The lowest BCUT2D eigenvalue weighted by Crippen LogP contribution is -2.11. The largest absolute Gasteiger partial charge is 0.493 e. The van der Waals surface area contributed by atoms with Crippen LogP contribution in [0.5, 0.6) is 11.5 Å². The van der Waals surface area contributed by atoms with Gasteiger partial charge in [0.15, 0.2) is 0 Å². The van der Waals surface area contributed by atoms with E-state index in [1.165, 1.54) is 12.8 Å². The topological polar surface area (TPSA) is 62.9 Å². The van der Waals surface area contributed by atoms with E-state index in [1.54, 1.807) is 0 Å². The second-order valence-corrected chi connectivity index (χ2v) is 6.86. The van der Waals surface area contributed by atoms with Crippen LogP contribution in [0.25, 0.3) is 10.8 Å². The number of rotatable bonds is 16. The third kappa shape index (κ3) is 8.65. The van der Waals surface area contributed by atoms with E-state index in [1.807, 2.05) is 30.3 Å². The Labute approximate surface area is 173 Å². The number of halogens is 1. The van der Waals surface area contributed by atoms with Crippen molar-refractivity contribution >= 4 is 22.4 Å². The molecule has 0 saturated carbocycles. The summed E-state index contributed by atoms with van der Waals surface area (Å²) in [5, 5.41) is 2.16. The molecule has 2 rings (SSSR count). The average molecular weight is 410 g/mol. The summed E-state index contributed by atoms with van der Waals surface area (Å²) in [4.78, 5) is 0. The SMILES string of the molecule is NCOCCOc1ccc2cccc(OCCCOCCCCCCCl)c2c1. The van der Waals surface area contributed by atoms with Crippen LogP contribution in [0, 0.1) is 0 Å². The number of benzene rings is 2. The summed E-state index contributed by atoms with van der Waals surface area (Å²) in [6.45, 7) is 3.30. The van der Waals surface area contributed by atoms with Crippen molar-refractivity contribution in [3.8, 4) is 11.5 Å². The third-order valence-corrected chi connectivity index (χ3v) is 4.56. The number of hydrogen-bond donors (Lipinski definition) is 1. The standard InChI is InChI=1S/C22H32ClNO4/c23-11-3-1-2-4-12-25-13-6-14-28-22-8-5-7-19-9-10-20(17-21(19)22)27-16-15-26-18-24/h5,7-10,17H,1-4,6,11-16,18,24H2. The van der Waals surface area contributed by atoms with E-state index < -0.39 is 0 Å². The van der Waals surface area contributed by atoms with Gasteiger partial charge in [-0.1, -0.05) is 31.0 Å². The number of alkyl halides is 1. The molecule has 0 saturated heterocycles. The molecule has 2 N–H and O–H groups in total. The van der Waals surface area contributed by atoms with Crippen LogP contribution in [0.3, 0.4) is 0 Å². The fourth-order valence-electron chi connectivity index (χ4n) is 2.84. The summed E-state index contributed by atoms with van der Waals surface area (Å²) in [6, 6.07) is 12.1. The molecule has 0 aliphatic carbocycles. The minimum atomic E-state index is 0.205. The summed E-state index contributed by atoms with van der Waals surface area (Å²) in [5.41, 5.74) is 5.30. The molecule has 0 unspecified atom stereocenters. The van der Waals surface area contributed by atoms with E-state index in [0.29, 0.717) is 19.8 Å². The third-order valence-electron chi connectivity index (χ3n) is 4.29. The minimum Gasteiger partial charge on any atom is -0.493 e. The van der Waals surface area contributed by atoms with E-state index in [9.17, 15) is 0 Å². The first kappa shape index (κ1) is 22.8. The number of fused-ring (bicyclic) bond motifs is 1. The van der Waals surface area contributed by atoms with E-state index in [-0.39, 0.29) is 6.73 Å². The van der Waals surface area contributed by atoms with E-state index in [0.717, 1.165) is 60.6 Å². The molecule has 2 aromatic carbocycles. The zero-order chi connectivity index (χ0) is 19.9. The van der Waals surface area contributed by atoms with E-state index in [4.69, 9.17) is 36.3 Å². The van der Waals surface area contributed by atoms with E-state index >= 15 is 0 Å². The van der Waals surface area contributed by atoms with Crippen molar-refractivity contribution in [3.63, 3.8) is 0 Å². The molecule has 0 spiro atoms. The predicted octanol–water partition coefficient (Wildman–Crippen LogP) is 4.74. The molecule has 5 nitrogen and oxygen atoms in total. The zero-order valence-corrected chi connectivity index (χ0v) is 17.3. The molecule has 0 aliphatic rings. The van der Waals surface area contributed by atoms with Crippen molar-refractivity contribution in [1.82, 2.24) is 0 Å². The van der Waals surface area contributed by atoms with Crippen LogP contribution in [0.2, 0.25) is 0 Å². The van der Waals surface area contributed by atoms with Crippen LogP contribution < -0.4 is 15.2 Å². The van der Waals surface area contributed by atoms with Gasteiger partial charge < -0.3 is 24.7 Å². The van der Waals surface area contributed by atoms with Crippen LogP contribution in [0.1, 0.15) is 32.1 Å². The van der Waals surface area contributed by atoms with Gasteiger partial charge in [-0.25, -0.2) is 0 Å². The summed E-state index contributed by atoms with van der Waals surface area (Å²) in [6.07, 6.45) is 5.42. The first-order valence-electron chi connectivity index (χ1n) is 10.0. The minimum absolute atomic E-state index is 0.205. The molecule has 156 valence electrons. The van der Waals surface area contributed by atoms with Gasteiger partial charge in [0.2, 0.25) is 0 Å². The highest BCUT2D eigenvalue weighted by atomic mass is 35.5. The molecule has 0 fully saturated rings. The van der Waals surface area contributed by atoms with Crippen molar-refractivity contribution in [2.75, 3.05) is 45.6 Å². The van der Waals surface area contributed by atoms with Gasteiger partial charge in [-0.15, -0.1) is 11.6 Å². The van der Waals surface area contributed by atoms with Crippen molar-refractivity contribution in [2.45, 2.75) is 32.1 Å². The van der Waals surface area contributed by atoms with Crippen LogP contribution in [0.4, 0.5) is 0 Å². The second kappa shape index (κ2) is 14.5. The normalized spacial score (nSPS) is 11.1. The Balaban J connectivity index is 1.72. The van der Waals surface area contributed by atoms with Crippen molar-refractivity contribution in [1.29, 1.82) is 0 Å². The fourth-order valence-corrected chi connectivity index (χ4v) is 3.03. The van der Waals surface area contributed by atoms with Crippen molar-refractivity contribution in [3.05, 3.63) is 36.4 Å². The monoisotopic (exact) mass is 409 g/mol. The Hall–Kier alpha value is -1.53. The Kier molecular flexibility index (Phi) is 11.8. The van der Waals surface area contributed by atoms with Gasteiger partial charge in [0, 0.05) is 30.9 Å². The lowest BCUT2D eigenvalue weighted by atomic mass is 10.1. The molecule has 0 radical (unpaired) electrons. The van der Waals surface area contributed by atoms with Gasteiger partial charge in [-0.2, -0.15) is 0 Å². The number of hydrogen-bond acceptors (Lipinski definition) is 5. The molecule has 0 amide bonds. The summed E-state index contributed by atoms with van der Waals surface area (Å²) in [7, 11) is 0. The lowest BCUT2D eigenvalue weighted by molar-refractivity contribution is 0.105. The van der Waals surface area contributed by atoms with E-state index in [2.05, 4.69) is 6.07 Å². The van der Waals surface area contributed by atoms with Gasteiger partial charge in [0.05, 0.1) is 19.9 Å². The smallest absolute Gasteiger partial charge is 0.127 e. The number of ether oxygens (including phenoxy) is 4. The van der Waals surface area contributed by atoms with Crippen molar-refractivity contribution in [2.24, 2.45) is 5.73 Å². The van der Waals surface area contributed by atoms with Crippen LogP contribution >= 0.6 is 11.6 Å². The molecule has 0 atom stereocenters. The van der Waals surface area contributed by atoms with Gasteiger partial charge in [-0.05, 0) is 36.4 Å². The lowest BCUT2D eigenvalue weighted by Gasteiger charge is -2.12. The Morgan fingerprint density at radius 2 is 1.61 bits per heavy atom. The van der Waals surface area contributed by atoms with Crippen LogP contribution in [-0.4, -0.2) is 45.6 Å². The van der Waals surface area contributed by atoms with Gasteiger partial charge >= 0.3 is 0 Å². The highest BCUT2D eigenvalue weighted by Crippen LogP contribution is 2.29. The Morgan fingerprint density at radius 3 is 2.46 bits per heavy atom. The fraction of sp³-hybridized carbons (Fsp3) is 0.545. The summed E-state index contributed by atoms with van der Waals surface area (Å²) < 4.78 is 22.5. The van der Waals surface area contributed by atoms with Gasteiger partial charge in [0.25, 0.3) is 0 Å². The van der Waals surface area contributed by atoms with Gasteiger partial charge in [0.1, 0.15) is 18.1 Å². The van der Waals surface area contributed by atoms with Crippen LogP contribution in [0.15, 0.2) is 36.4 Å². The summed E-state index contributed by atoms with van der Waals surface area (Å²) in [5.74, 6) is 2.41. The number of nitrogens with two attached hydrogens (primary N) is 1. The maximum absolute atomic E-state index is 5.99. The van der Waals surface area contributed by atoms with Crippen molar-refractivity contribution < 1.29 is 18.9 Å². The predicted molar refractivity (Wildman–Crippen MR) is 115 cm³/mol. The Morgan fingerprint density at radius 1 is 0.750 bits per heavy atom. The average Bonchev–Trinajstić information content (AvgIpc) is 2.72. The molecule has 6 heteroatoms. The molecule has 0 aliphatic heterocycles. The van der Waals surface area contributed by atoms with Gasteiger partial charge in [-0.3, -0.25) is 0 Å². The molecule has 0 aromatic heterocycles. The first-order valence-corrected chi connectivity index (χ1v) is 10.6. The molecule has 2 aromatic rings. The maximum Gasteiger partial charge on any atom is 0.127 e. The molecule has 0 bridgehead atoms. The molecule has 28 heavy (non-hydrogen) atoms. The second-order valence-electron chi connectivity index (χ2n) is 6.48. The number of unbranched alkanes of at least 4 members (excludes halogenated alkanes) is 3. The molecule has 0 heterocycles. The summed E-state index contributed by atoms with van der Waals surface area (Å²) >= 11 is 5.67. The molecular weight excluding hydrogens is 378 g/mol. The first-order chi connectivity index (χ1) is 13.8. The molecular formula is C22H32ClNO4. The highest BCUT2D eigenvalue weighted by Gasteiger charge is 2.04.